The van der Waals surface area contributed by atoms with Crippen LogP contribution in [0.2, 0.25) is 0 Å². The molecule has 0 unspecified atom stereocenters. The summed E-state index contributed by atoms with van der Waals surface area (Å²) in [7, 11) is 0. The molecule has 0 atom stereocenters. The van der Waals surface area contributed by atoms with E-state index in [1.54, 1.807) is 0 Å². The van der Waals surface area contributed by atoms with Gasteiger partial charge in [0.05, 0.1) is 0 Å². The first-order chi connectivity index (χ1) is 3.00. The van der Waals surface area contributed by atoms with E-state index in [1.807, 2.05) is 0 Å². The molecule has 0 amide bonds. The van der Waals surface area contributed by atoms with E-state index in [-0.39, 0.29) is 49.7 Å². The van der Waals surface area contributed by atoms with E-state index >= 15 is 0 Å². The summed E-state index contributed by atoms with van der Waals surface area (Å²) in [6, 6.07) is 0. The first kappa shape index (κ1) is 42.2. The van der Waals surface area contributed by atoms with Gasteiger partial charge in [-0.3, -0.25) is 0 Å². The van der Waals surface area contributed by atoms with Crippen LogP contribution in [0, 0.1) is 35.5 Å². The number of rotatable bonds is 0. The van der Waals surface area contributed by atoms with Crippen LogP contribution in [-0.4, -0.2) is 0 Å². The molecule has 0 heterocycles. The van der Waals surface area contributed by atoms with Gasteiger partial charge in [0.25, 0.3) is 0 Å². The number of hydrogen-bond donors (Lipinski definition) is 0. The predicted octanol–water partition coefficient (Wildman–Crippen LogP) is 0.284. The van der Waals surface area contributed by atoms with Gasteiger partial charge in [-0.15, -0.1) is 0 Å². The van der Waals surface area contributed by atoms with Crippen molar-refractivity contribution in [1.82, 2.24) is 0 Å². The smallest absolute Gasteiger partial charge is 0.512 e. The van der Waals surface area contributed by atoms with E-state index < -0.39 is 0 Å². The van der Waals surface area contributed by atoms with Gasteiger partial charge in [0.15, 0.2) is 0 Å². The first-order valence-corrected chi connectivity index (χ1v) is 0.671. The summed E-state index contributed by atoms with van der Waals surface area (Å²) in [5, 5.41) is 18.8. The van der Waals surface area contributed by atoms with Gasteiger partial charge in [0.1, 0.15) is 0 Å². The van der Waals surface area contributed by atoms with Gasteiger partial charge in [0, 0.05) is 27.3 Å². The van der Waals surface area contributed by atoms with Crippen LogP contribution in [0.1, 0.15) is 0 Å². The molecule has 40 valence electrons. The van der Waals surface area contributed by atoms with E-state index in [2.05, 4.69) is 0 Å². The molecular weight excluding hydrogens is 387 g/mol. The molecule has 0 aromatic rings. The number of nitrogens with zero attached hydrogens (tertiary/aromatic N) is 3. The maximum Gasteiger partial charge on any atom is 3.00 e. The minimum Gasteiger partial charge on any atom is -0.512 e. The molecule has 0 aromatic carbocycles. The van der Waals surface area contributed by atoms with Gasteiger partial charge in [-0.05, 0) is 0 Å². The summed E-state index contributed by atoms with van der Waals surface area (Å²) in [4.78, 5) is 0. The fraction of sp³-hybridized carbons (Fsp3) is 0. The Balaban J connectivity index is -0.00000000500. The zero-order valence-corrected chi connectivity index (χ0v) is 10.1. The molecule has 0 fully saturated rings. The minimum atomic E-state index is 0. The predicted molar refractivity (Wildman–Crippen MR) is 14.9 cm³/mol. The van der Waals surface area contributed by atoms with Crippen molar-refractivity contribution >= 4 is 0 Å². The molecule has 0 aliphatic rings. The van der Waals surface area contributed by atoms with Crippen LogP contribution in [0.3, 0.4) is 0 Å². The molecule has 0 rings (SSSR count). The standard InChI is InChI=1S/3CN.Au.Cd/c3*1-2;;/q3*-1;+3;. The van der Waals surface area contributed by atoms with Gasteiger partial charge >= 0.3 is 22.4 Å². The Bertz CT molecular complexity index is 43.0. The zero-order valence-electron chi connectivity index (χ0n) is 3.85. The molecule has 0 saturated carbocycles. The summed E-state index contributed by atoms with van der Waals surface area (Å²) >= 11 is 0. The zero-order chi connectivity index (χ0) is 6.00. The van der Waals surface area contributed by atoms with E-state index in [0.717, 1.165) is 0 Å². The average molecular weight is 387 g/mol. The normalized spacial score (nSPS) is 0.750. The molecule has 0 spiro atoms. The van der Waals surface area contributed by atoms with Crippen LogP contribution >= 0.6 is 0 Å². The van der Waals surface area contributed by atoms with Crippen molar-refractivity contribution in [2.24, 2.45) is 0 Å². The van der Waals surface area contributed by atoms with E-state index in [4.69, 9.17) is 35.5 Å². The van der Waals surface area contributed by atoms with E-state index in [9.17, 15) is 0 Å². The van der Waals surface area contributed by atoms with Gasteiger partial charge in [-0.2, -0.15) is 0 Å². The van der Waals surface area contributed by atoms with Gasteiger partial charge < -0.3 is 35.5 Å². The molecule has 0 saturated heterocycles. The van der Waals surface area contributed by atoms with Crippen LogP contribution in [0.4, 0.5) is 0 Å². The van der Waals surface area contributed by atoms with Crippen molar-refractivity contribution in [2.45, 2.75) is 0 Å². The summed E-state index contributed by atoms with van der Waals surface area (Å²) in [6.45, 7) is 14.2. The largest absolute Gasteiger partial charge is 3.00 e. The van der Waals surface area contributed by atoms with Crippen LogP contribution in [-0.2, 0) is 49.7 Å². The quantitative estimate of drug-likeness (QED) is 0.443. The molecular formula is C3AuCdN3. The Morgan fingerprint density at radius 1 is 0.625 bits per heavy atom. The second-order valence-corrected chi connectivity index (χ2v) is 0. The first-order valence-electron chi connectivity index (χ1n) is 0.671. The SMILES string of the molecule is [Au+3].[C-]#N.[C-]#N.[C-]#N.[Cd]. The fourth-order valence-electron chi connectivity index (χ4n) is 0. The summed E-state index contributed by atoms with van der Waals surface area (Å²) in [5.41, 5.74) is 0. The third-order valence-corrected chi connectivity index (χ3v) is 0. The third-order valence-electron chi connectivity index (χ3n) is 0. The summed E-state index contributed by atoms with van der Waals surface area (Å²) < 4.78 is 0. The third kappa shape index (κ3) is 9220. The molecule has 0 N–H and O–H groups in total. The van der Waals surface area contributed by atoms with Gasteiger partial charge in [-0.1, -0.05) is 0 Å². The Morgan fingerprint density at radius 3 is 0.625 bits per heavy atom. The van der Waals surface area contributed by atoms with Gasteiger partial charge in [-0.25, -0.2) is 0 Å². The molecule has 0 aliphatic heterocycles. The molecule has 0 aromatic heterocycles. The Kier molecular flexibility index (Phi) is 80700. The van der Waals surface area contributed by atoms with E-state index in [1.165, 1.54) is 0 Å². The maximum atomic E-state index is 6.25. The summed E-state index contributed by atoms with van der Waals surface area (Å²) in [5.74, 6) is 0. The summed E-state index contributed by atoms with van der Waals surface area (Å²) in [6.07, 6.45) is 0. The van der Waals surface area contributed by atoms with Crippen molar-refractivity contribution in [3.8, 4) is 0 Å². The van der Waals surface area contributed by atoms with E-state index in [0.29, 0.717) is 0 Å². The van der Waals surface area contributed by atoms with Crippen molar-refractivity contribution in [3.05, 3.63) is 19.7 Å². The molecule has 0 radical (unpaired) electrons. The van der Waals surface area contributed by atoms with Crippen LogP contribution < -0.4 is 0 Å². The molecule has 3 nitrogen and oxygen atoms in total. The van der Waals surface area contributed by atoms with Crippen LogP contribution in [0.15, 0.2) is 0 Å². The van der Waals surface area contributed by atoms with Crippen molar-refractivity contribution in [3.63, 3.8) is 0 Å². The topological polar surface area (TPSA) is 71.4 Å². The van der Waals surface area contributed by atoms with Gasteiger partial charge in [0.2, 0.25) is 0 Å². The van der Waals surface area contributed by atoms with Crippen LogP contribution in [0.25, 0.3) is 0 Å². The minimum absolute atomic E-state index is 0. The van der Waals surface area contributed by atoms with Crippen molar-refractivity contribution in [2.75, 3.05) is 0 Å². The molecule has 5 heteroatoms. The maximum absolute atomic E-state index is 6.25. The van der Waals surface area contributed by atoms with Crippen molar-refractivity contribution in [1.29, 1.82) is 15.8 Å². The molecule has 0 aliphatic carbocycles. The average Bonchev–Trinajstić information content (AvgIpc) is 1.81. The molecule has 8 heavy (non-hydrogen) atoms. The Labute approximate surface area is 84.6 Å². The second kappa shape index (κ2) is 15300. The Morgan fingerprint density at radius 2 is 0.625 bits per heavy atom. The molecule has 0 bridgehead atoms. The number of hydrogen-bond acceptors (Lipinski definition) is 3. The van der Waals surface area contributed by atoms with Crippen molar-refractivity contribution < 1.29 is 49.7 Å². The van der Waals surface area contributed by atoms with Crippen LogP contribution in [0.5, 0.6) is 0 Å². The Hall–Kier alpha value is 0.132. The second-order valence-electron chi connectivity index (χ2n) is 0. The monoisotopic (exact) mass is 389 g/mol. The fourth-order valence-corrected chi connectivity index (χ4v) is 0.